The number of rotatable bonds is 5. The number of nitrogens with zero attached hydrogens (tertiary/aromatic N) is 2. The summed E-state index contributed by atoms with van der Waals surface area (Å²) in [4.78, 5) is 26.5. The molecule has 0 bridgehead atoms. The second kappa shape index (κ2) is 9.92. The van der Waals surface area contributed by atoms with Crippen LogP contribution in [0.1, 0.15) is 18.1 Å². The molecular formula is C23H22F2N4O3. The maximum atomic E-state index is 13.8. The lowest BCUT2D eigenvalue weighted by atomic mass is 10.1. The molecule has 1 unspecified atom stereocenters. The van der Waals surface area contributed by atoms with Crippen molar-refractivity contribution in [3.8, 4) is 11.8 Å². The minimum absolute atomic E-state index is 0.0470. The first-order valence-electron chi connectivity index (χ1n) is 9.95. The van der Waals surface area contributed by atoms with Crippen LogP contribution in [0.3, 0.4) is 0 Å². The van der Waals surface area contributed by atoms with Crippen LogP contribution in [-0.2, 0) is 17.6 Å². The van der Waals surface area contributed by atoms with E-state index in [1.807, 2.05) is 25.1 Å². The van der Waals surface area contributed by atoms with E-state index in [2.05, 4.69) is 10.6 Å². The summed E-state index contributed by atoms with van der Waals surface area (Å²) < 4.78 is 32.5. The van der Waals surface area contributed by atoms with Crippen molar-refractivity contribution in [2.24, 2.45) is 0 Å². The molecule has 7 nitrogen and oxygen atoms in total. The zero-order valence-electron chi connectivity index (χ0n) is 17.6. The van der Waals surface area contributed by atoms with Gasteiger partial charge in [0.1, 0.15) is 30.0 Å². The smallest absolute Gasteiger partial charge is 0.319 e. The van der Waals surface area contributed by atoms with Crippen molar-refractivity contribution in [2.45, 2.75) is 25.8 Å². The Labute approximate surface area is 184 Å². The number of carbonyl (C=O) groups excluding carboxylic acids is 2. The number of carbonyl (C=O) groups is 2. The van der Waals surface area contributed by atoms with Crippen LogP contribution in [0.15, 0.2) is 48.2 Å². The minimum atomic E-state index is -0.953. The highest BCUT2D eigenvalue weighted by molar-refractivity contribution is 6.00. The van der Waals surface area contributed by atoms with Crippen LogP contribution in [0.2, 0.25) is 0 Å². The molecule has 9 heteroatoms. The van der Waals surface area contributed by atoms with Gasteiger partial charge in [-0.1, -0.05) is 19.1 Å². The number of allylic oxidation sites excluding steroid dienone is 1. The highest BCUT2D eigenvalue weighted by atomic mass is 19.1. The van der Waals surface area contributed by atoms with E-state index < -0.39 is 23.7 Å². The van der Waals surface area contributed by atoms with Crippen LogP contribution < -0.4 is 20.3 Å². The molecule has 1 aliphatic rings. The van der Waals surface area contributed by atoms with Crippen LogP contribution in [0.4, 0.5) is 19.3 Å². The van der Waals surface area contributed by atoms with Gasteiger partial charge in [-0.15, -0.1) is 0 Å². The summed E-state index contributed by atoms with van der Waals surface area (Å²) in [6.45, 7) is 1.94. The van der Waals surface area contributed by atoms with Crippen molar-refractivity contribution < 1.29 is 23.1 Å². The highest BCUT2D eigenvalue weighted by Gasteiger charge is 2.30. The molecule has 0 aromatic heterocycles. The number of halogens is 2. The quantitative estimate of drug-likeness (QED) is 0.698. The zero-order valence-corrected chi connectivity index (χ0v) is 17.6. The molecule has 0 aliphatic carbocycles. The number of nitriles is 1. The Kier molecular flexibility index (Phi) is 7.05. The van der Waals surface area contributed by atoms with Gasteiger partial charge in [-0.3, -0.25) is 4.79 Å². The van der Waals surface area contributed by atoms with Gasteiger partial charge in [-0.25, -0.2) is 13.6 Å². The van der Waals surface area contributed by atoms with Crippen LogP contribution >= 0.6 is 0 Å². The molecular weight excluding hydrogens is 418 g/mol. The number of ether oxygens (including phenoxy) is 1. The normalized spacial score (nSPS) is 15.8. The lowest BCUT2D eigenvalue weighted by molar-refractivity contribution is -0.120. The van der Waals surface area contributed by atoms with Crippen molar-refractivity contribution in [3.05, 3.63) is 70.9 Å². The summed E-state index contributed by atoms with van der Waals surface area (Å²) in [5.41, 5.74) is 1.82. The van der Waals surface area contributed by atoms with E-state index in [1.165, 1.54) is 11.0 Å². The number of hydrogen-bond acceptors (Lipinski definition) is 4. The summed E-state index contributed by atoms with van der Waals surface area (Å²) >= 11 is 0. The molecule has 3 amide bonds. The van der Waals surface area contributed by atoms with E-state index in [-0.39, 0.29) is 30.1 Å². The van der Waals surface area contributed by atoms with Gasteiger partial charge in [0.2, 0.25) is 0 Å². The third kappa shape index (κ3) is 5.21. The Morgan fingerprint density at radius 2 is 2.09 bits per heavy atom. The third-order valence-corrected chi connectivity index (χ3v) is 5.05. The van der Waals surface area contributed by atoms with E-state index in [1.54, 1.807) is 13.1 Å². The molecule has 0 spiro atoms. The molecule has 1 aliphatic heterocycles. The van der Waals surface area contributed by atoms with Crippen LogP contribution in [-0.4, -0.2) is 31.6 Å². The number of benzene rings is 2. The molecule has 0 saturated carbocycles. The second-order valence-electron chi connectivity index (χ2n) is 7.23. The van der Waals surface area contributed by atoms with Crippen molar-refractivity contribution in [3.63, 3.8) is 0 Å². The number of hydrogen-bond donors (Lipinski definition) is 2. The van der Waals surface area contributed by atoms with E-state index in [0.717, 1.165) is 30.3 Å². The molecule has 32 heavy (non-hydrogen) atoms. The molecule has 0 radical (unpaired) electrons. The third-order valence-electron chi connectivity index (χ3n) is 5.05. The Morgan fingerprint density at radius 3 is 2.78 bits per heavy atom. The Bertz CT molecular complexity index is 1110. The molecule has 2 aromatic carbocycles. The summed E-state index contributed by atoms with van der Waals surface area (Å²) in [6, 6.07) is 8.78. The van der Waals surface area contributed by atoms with Gasteiger partial charge in [0, 0.05) is 25.7 Å². The highest BCUT2D eigenvalue weighted by Crippen LogP contribution is 2.31. The Balaban J connectivity index is 1.65. The molecule has 2 N–H and O–H groups in total. The first-order chi connectivity index (χ1) is 15.3. The summed E-state index contributed by atoms with van der Waals surface area (Å²) in [6.07, 6.45) is 1.78. The number of nitrogens with one attached hydrogen (secondary N) is 2. The maximum Gasteiger partial charge on any atom is 0.319 e. The molecule has 3 rings (SSSR count). The fraction of sp³-hybridized carbons (Fsp3) is 0.261. The van der Waals surface area contributed by atoms with Crippen molar-refractivity contribution >= 4 is 17.6 Å². The van der Waals surface area contributed by atoms with Crippen LogP contribution in [0.25, 0.3) is 0 Å². The van der Waals surface area contributed by atoms with E-state index in [9.17, 15) is 23.6 Å². The van der Waals surface area contributed by atoms with Gasteiger partial charge in [-0.05, 0) is 35.7 Å². The SMILES string of the molecule is CCc1ccc2c(c1)N(C)C(=O)C(NC(=O)N/C=C(\C#N)Cc1ccc(F)cc1F)CO2. The number of anilines is 1. The standard InChI is InChI=1S/C23H22F2N4O3/c1-3-14-4-7-21-20(9-14)29(2)22(30)19(13-32-21)28-23(31)27-12-15(11-26)8-16-5-6-17(24)10-18(16)25/h4-7,9-10,12,19H,3,8,13H2,1-2H3,(H2,27,28,31)/b15-12-. The van der Waals surface area contributed by atoms with Gasteiger partial charge in [0.25, 0.3) is 5.91 Å². The molecule has 1 atom stereocenters. The van der Waals surface area contributed by atoms with Crippen molar-refractivity contribution in [2.75, 3.05) is 18.6 Å². The van der Waals surface area contributed by atoms with Crippen molar-refractivity contribution in [1.29, 1.82) is 5.26 Å². The Morgan fingerprint density at radius 1 is 1.31 bits per heavy atom. The summed E-state index contributed by atoms with van der Waals surface area (Å²) in [5.74, 6) is -1.33. The van der Waals surface area contributed by atoms with Crippen molar-refractivity contribution in [1.82, 2.24) is 10.6 Å². The number of fused-ring (bicyclic) bond motifs is 1. The van der Waals surface area contributed by atoms with Gasteiger partial charge < -0.3 is 20.3 Å². The molecule has 0 fully saturated rings. The average molecular weight is 440 g/mol. The second-order valence-corrected chi connectivity index (χ2v) is 7.23. The van der Waals surface area contributed by atoms with E-state index in [4.69, 9.17) is 4.74 Å². The fourth-order valence-electron chi connectivity index (χ4n) is 3.21. The van der Waals surface area contributed by atoms with E-state index in [0.29, 0.717) is 11.4 Å². The fourth-order valence-corrected chi connectivity index (χ4v) is 3.21. The predicted molar refractivity (Wildman–Crippen MR) is 114 cm³/mol. The van der Waals surface area contributed by atoms with E-state index >= 15 is 0 Å². The van der Waals surface area contributed by atoms with Gasteiger partial charge in [-0.2, -0.15) is 5.26 Å². The largest absolute Gasteiger partial charge is 0.489 e. The molecule has 166 valence electrons. The number of urea groups is 1. The topological polar surface area (TPSA) is 94.5 Å². The first-order valence-corrected chi connectivity index (χ1v) is 9.95. The average Bonchev–Trinajstić information content (AvgIpc) is 2.89. The lowest BCUT2D eigenvalue weighted by Gasteiger charge is -2.20. The molecule has 2 aromatic rings. The van der Waals surface area contributed by atoms with Gasteiger partial charge in [0.15, 0.2) is 0 Å². The first kappa shape index (κ1) is 22.7. The maximum absolute atomic E-state index is 13.8. The Hall–Kier alpha value is -3.93. The lowest BCUT2D eigenvalue weighted by Crippen LogP contribution is -2.51. The molecule has 0 saturated heterocycles. The number of likely N-dealkylation sites (N-methyl/N-ethyl adjacent to an activating group) is 1. The van der Waals surface area contributed by atoms with Gasteiger partial charge in [0.05, 0.1) is 17.3 Å². The zero-order chi connectivity index (χ0) is 23.3. The van der Waals surface area contributed by atoms with Crippen LogP contribution in [0, 0.1) is 23.0 Å². The summed E-state index contributed by atoms with van der Waals surface area (Å²) in [5, 5.41) is 14.1. The number of aryl methyl sites for hydroxylation is 1. The monoisotopic (exact) mass is 440 g/mol. The van der Waals surface area contributed by atoms with Gasteiger partial charge >= 0.3 is 6.03 Å². The minimum Gasteiger partial charge on any atom is -0.489 e. The summed E-state index contributed by atoms with van der Waals surface area (Å²) in [7, 11) is 1.60. The van der Waals surface area contributed by atoms with Crippen LogP contribution in [0.5, 0.6) is 5.75 Å². The predicted octanol–water partition coefficient (Wildman–Crippen LogP) is 3.20. The number of amides is 3. The molecule has 1 heterocycles.